The minimum Gasteiger partial charge on any atom is -0.343 e. The van der Waals surface area contributed by atoms with Crippen LogP contribution in [0.1, 0.15) is 32.3 Å². The van der Waals surface area contributed by atoms with Crippen molar-refractivity contribution in [2.45, 2.75) is 33.2 Å². The molecule has 6 heteroatoms. The SMILES string of the molecule is CCN(CC)C(=O)[C@@H]1CCC[NH+](Cc2cccc([N+](=O)[O-])c2)C1. The van der Waals surface area contributed by atoms with Crippen LogP contribution in [0.3, 0.4) is 0 Å². The Labute approximate surface area is 137 Å². The van der Waals surface area contributed by atoms with Gasteiger partial charge in [-0.2, -0.15) is 0 Å². The summed E-state index contributed by atoms with van der Waals surface area (Å²) < 4.78 is 0. The molecule has 1 N–H and O–H groups in total. The molecule has 1 aliphatic rings. The van der Waals surface area contributed by atoms with Gasteiger partial charge in [0.15, 0.2) is 0 Å². The van der Waals surface area contributed by atoms with Crippen molar-refractivity contribution in [2.24, 2.45) is 5.92 Å². The van der Waals surface area contributed by atoms with Crippen LogP contribution < -0.4 is 4.90 Å². The van der Waals surface area contributed by atoms with Crippen LogP contribution in [0.4, 0.5) is 5.69 Å². The summed E-state index contributed by atoms with van der Waals surface area (Å²) in [5, 5.41) is 10.9. The molecule has 0 spiro atoms. The molecular formula is C17H26N3O3+. The van der Waals surface area contributed by atoms with Gasteiger partial charge < -0.3 is 9.80 Å². The molecule has 0 radical (unpaired) electrons. The van der Waals surface area contributed by atoms with Crippen molar-refractivity contribution in [3.05, 3.63) is 39.9 Å². The van der Waals surface area contributed by atoms with E-state index in [1.807, 2.05) is 24.8 Å². The number of quaternary nitrogens is 1. The lowest BCUT2D eigenvalue weighted by molar-refractivity contribution is -0.921. The minimum atomic E-state index is -0.359. The molecule has 0 aliphatic carbocycles. The van der Waals surface area contributed by atoms with E-state index in [1.165, 1.54) is 11.0 Å². The van der Waals surface area contributed by atoms with Gasteiger partial charge in [-0.25, -0.2) is 0 Å². The number of hydrogen-bond acceptors (Lipinski definition) is 3. The van der Waals surface area contributed by atoms with Crippen LogP contribution >= 0.6 is 0 Å². The van der Waals surface area contributed by atoms with E-state index in [1.54, 1.807) is 12.1 Å². The van der Waals surface area contributed by atoms with Crippen molar-refractivity contribution >= 4 is 11.6 Å². The standard InChI is InChI=1S/C17H25N3O3/c1-3-19(4-2)17(21)15-8-6-10-18(13-15)12-14-7-5-9-16(11-14)20(22)23/h5,7,9,11,15H,3-4,6,8,10,12-13H2,1-2H3/p+1/t15-/m1/s1. The molecule has 1 amide bonds. The first-order valence-electron chi connectivity index (χ1n) is 8.40. The molecule has 126 valence electrons. The Bertz CT molecular complexity index is 558. The maximum absolute atomic E-state index is 12.5. The normalized spacial score (nSPS) is 21.0. The highest BCUT2D eigenvalue weighted by atomic mass is 16.6. The molecule has 1 fully saturated rings. The Hall–Kier alpha value is -1.95. The molecule has 0 aromatic heterocycles. The number of amides is 1. The second-order valence-corrected chi connectivity index (χ2v) is 6.16. The van der Waals surface area contributed by atoms with Crippen LogP contribution in [0.5, 0.6) is 0 Å². The van der Waals surface area contributed by atoms with Crippen molar-refractivity contribution < 1.29 is 14.6 Å². The highest BCUT2D eigenvalue weighted by Crippen LogP contribution is 2.14. The van der Waals surface area contributed by atoms with Gasteiger partial charge in [0.25, 0.3) is 5.69 Å². The van der Waals surface area contributed by atoms with E-state index >= 15 is 0 Å². The lowest BCUT2D eigenvalue weighted by atomic mass is 9.96. The molecule has 1 aromatic rings. The van der Waals surface area contributed by atoms with Crippen LogP contribution in [0.15, 0.2) is 24.3 Å². The first kappa shape index (κ1) is 17.4. The molecule has 1 saturated heterocycles. The summed E-state index contributed by atoms with van der Waals surface area (Å²) in [5.74, 6) is 0.337. The topological polar surface area (TPSA) is 67.9 Å². The summed E-state index contributed by atoms with van der Waals surface area (Å²) in [4.78, 5) is 26.3. The molecule has 1 unspecified atom stereocenters. The van der Waals surface area contributed by atoms with Crippen molar-refractivity contribution in [3.63, 3.8) is 0 Å². The Kier molecular flexibility index (Phi) is 6.10. The van der Waals surface area contributed by atoms with Crippen LogP contribution in [-0.4, -0.2) is 41.9 Å². The van der Waals surface area contributed by atoms with Gasteiger partial charge in [-0.1, -0.05) is 12.1 Å². The van der Waals surface area contributed by atoms with Crippen molar-refractivity contribution in [2.75, 3.05) is 26.2 Å². The average molecular weight is 320 g/mol. The van der Waals surface area contributed by atoms with Crippen LogP contribution in [0, 0.1) is 16.0 Å². The fourth-order valence-corrected chi connectivity index (χ4v) is 3.38. The first-order chi connectivity index (χ1) is 11.0. The van der Waals surface area contributed by atoms with Gasteiger partial charge >= 0.3 is 0 Å². The lowest BCUT2D eigenvalue weighted by Crippen LogP contribution is -3.12. The average Bonchev–Trinajstić information content (AvgIpc) is 2.56. The number of non-ortho nitro benzene ring substituents is 1. The molecule has 2 atom stereocenters. The number of benzene rings is 1. The number of likely N-dealkylation sites (tertiary alicyclic amines) is 1. The van der Waals surface area contributed by atoms with E-state index in [-0.39, 0.29) is 22.4 Å². The maximum Gasteiger partial charge on any atom is 0.269 e. The third kappa shape index (κ3) is 4.51. The number of carbonyl (C=O) groups excluding carboxylic acids is 1. The quantitative estimate of drug-likeness (QED) is 0.634. The Morgan fingerprint density at radius 1 is 1.39 bits per heavy atom. The van der Waals surface area contributed by atoms with E-state index in [9.17, 15) is 14.9 Å². The highest BCUT2D eigenvalue weighted by molar-refractivity contribution is 5.78. The zero-order chi connectivity index (χ0) is 16.8. The Morgan fingerprint density at radius 3 is 2.78 bits per heavy atom. The molecule has 0 saturated carbocycles. The second-order valence-electron chi connectivity index (χ2n) is 6.16. The van der Waals surface area contributed by atoms with E-state index in [0.717, 1.165) is 51.1 Å². The minimum absolute atomic E-state index is 0.0809. The summed E-state index contributed by atoms with van der Waals surface area (Å²) in [7, 11) is 0. The fourth-order valence-electron chi connectivity index (χ4n) is 3.38. The third-order valence-corrected chi connectivity index (χ3v) is 4.62. The van der Waals surface area contributed by atoms with Gasteiger partial charge in [-0.15, -0.1) is 0 Å². The number of nitro groups is 1. The number of nitrogens with one attached hydrogen (secondary N) is 1. The fraction of sp³-hybridized carbons (Fsp3) is 0.588. The molecule has 2 rings (SSSR count). The molecule has 1 aromatic carbocycles. The van der Waals surface area contributed by atoms with E-state index in [0.29, 0.717) is 0 Å². The number of carbonyl (C=O) groups is 1. The Balaban J connectivity index is 2.00. The predicted molar refractivity (Wildman–Crippen MR) is 88.1 cm³/mol. The summed E-state index contributed by atoms with van der Waals surface area (Å²) in [6, 6.07) is 6.82. The number of piperidine rings is 1. The highest BCUT2D eigenvalue weighted by Gasteiger charge is 2.31. The van der Waals surface area contributed by atoms with Gasteiger partial charge in [0.2, 0.25) is 5.91 Å². The van der Waals surface area contributed by atoms with Crippen LogP contribution in [0.25, 0.3) is 0 Å². The molecule has 1 aliphatic heterocycles. The summed E-state index contributed by atoms with van der Waals surface area (Å²) in [5.41, 5.74) is 1.10. The second kappa shape index (κ2) is 8.06. The van der Waals surface area contributed by atoms with E-state index in [4.69, 9.17) is 0 Å². The van der Waals surface area contributed by atoms with Gasteiger partial charge in [0.05, 0.1) is 23.9 Å². The summed E-state index contributed by atoms with van der Waals surface area (Å²) in [6.45, 7) is 8.11. The lowest BCUT2D eigenvalue weighted by Gasteiger charge is -2.32. The van der Waals surface area contributed by atoms with Crippen LogP contribution in [-0.2, 0) is 11.3 Å². The monoisotopic (exact) mass is 320 g/mol. The van der Waals surface area contributed by atoms with Gasteiger partial charge in [0, 0.05) is 30.8 Å². The van der Waals surface area contributed by atoms with E-state index < -0.39 is 0 Å². The van der Waals surface area contributed by atoms with Gasteiger partial charge in [-0.3, -0.25) is 14.9 Å². The molecular weight excluding hydrogens is 294 g/mol. The predicted octanol–water partition coefficient (Wildman–Crippen LogP) is 1.26. The van der Waals surface area contributed by atoms with E-state index in [2.05, 4.69) is 0 Å². The van der Waals surface area contributed by atoms with Crippen molar-refractivity contribution in [1.82, 2.24) is 4.90 Å². The molecule has 23 heavy (non-hydrogen) atoms. The number of nitro benzene ring substituents is 1. The molecule has 6 nitrogen and oxygen atoms in total. The zero-order valence-corrected chi connectivity index (χ0v) is 14.0. The maximum atomic E-state index is 12.5. The first-order valence-corrected chi connectivity index (χ1v) is 8.40. The number of rotatable bonds is 6. The summed E-state index contributed by atoms with van der Waals surface area (Å²) in [6.07, 6.45) is 1.98. The largest absolute Gasteiger partial charge is 0.343 e. The smallest absolute Gasteiger partial charge is 0.269 e. The van der Waals surface area contributed by atoms with Gasteiger partial charge in [-0.05, 0) is 26.7 Å². The van der Waals surface area contributed by atoms with Crippen LogP contribution in [0.2, 0.25) is 0 Å². The number of hydrogen-bond donors (Lipinski definition) is 1. The number of nitrogens with zero attached hydrogens (tertiary/aromatic N) is 2. The van der Waals surface area contributed by atoms with Crippen molar-refractivity contribution in [1.29, 1.82) is 0 Å². The molecule has 1 heterocycles. The van der Waals surface area contributed by atoms with Crippen molar-refractivity contribution in [3.8, 4) is 0 Å². The third-order valence-electron chi connectivity index (χ3n) is 4.62. The summed E-state index contributed by atoms with van der Waals surface area (Å²) >= 11 is 0. The molecule has 0 bridgehead atoms. The Morgan fingerprint density at radius 2 is 2.13 bits per heavy atom. The van der Waals surface area contributed by atoms with Gasteiger partial charge in [0.1, 0.15) is 6.54 Å². The zero-order valence-electron chi connectivity index (χ0n) is 14.0.